The second-order valence-corrected chi connectivity index (χ2v) is 7.96. The predicted molar refractivity (Wildman–Crippen MR) is 124 cm³/mol. The van der Waals surface area contributed by atoms with Gasteiger partial charge < -0.3 is 9.80 Å². The fourth-order valence-corrected chi connectivity index (χ4v) is 4.47. The summed E-state index contributed by atoms with van der Waals surface area (Å²) in [6.07, 6.45) is 0. The van der Waals surface area contributed by atoms with Gasteiger partial charge in [0.25, 0.3) is 17.0 Å². The molecule has 4 rings (SSSR count). The molecule has 1 saturated heterocycles. The minimum absolute atomic E-state index is 0.0122. The minimum atomic E-state index is -0.592. The van der Waals surface area contributed by atoms with E-state index < -0.39 is 22.7 Å². The maximum Gasteiger partial charge on any atom is 0.332 e. The van der Waals surface area contributed by atoms with Crippen molar-refractivity contribution in [2.24, 2.45) is 7.05 Å². The first-order valence-electron chi connectivity index (χ1n) is 11.0. The zero-order valence-electron chi connectivity index (χ0n) is 18.9. The number of halogens is 1. The van der Waals surface area contributed by atoms with Gasteiger partial charge in [-0.1, -0.05) is 12.1 Å². The highest BCUT2D eigenvalue weighted by molar-refractivity contribution is 6.05. The molecule has 0 saturated carbocycles. The monoisotopic (exact) mass is 455 g/mol. The van der Waals surface area contributed by atoms with E-state index >= 15 is 0 Å². The SMILES string of the molecule is CCn1c(=O)c2c(C(=O)N3CCN(c4ccccc4F)CC3)cc(=O)n(CC)c2n(C)c1=O. The molecule has 1 amide bonds. The first-order chi connectivity index (χ1) is 15.8. The van der Waals surface area contributed by atoms with E-state index in [-0.39, 0.29) is 35.5 Å². The van der Waals surface area contributed by atoms with E-state index in [1.165, 1.54) is 28.3 Å². The molecule has 9 nitrogen and oxygen atoms in total. The summed E-state index contributed by atoms with van der Waals surface area (Å²) in [5.74, 6) is -0.778. The van der Waals surface area contributed by atoms with Gasteiger partial charge in [-0.25, -0.2) is 9.18 Å². The zero-order chi connectivity index (χ0) is 23.9. The van der Waals surface area contributed by atoms with Gasteiger partial charge in [0, 0.05) is 52.4 Å². The summed E-state index contributed by atoms with van der Waals surface area (Å²) in [4.78, 5) is 55.6. The van der Waals surface area contributed by atoms with Gasteiger partial charge in [-0.2, -0.15) is 0 Å². The van der Waals surface area contributed by atoms with Gasteiger partial charge in [0.2, 0.25) is 0 Å². The summed E-state index contributed by atoms with van der Waals surface area (Å²) in [6.45, 7) is 5.23. The second-order valence-electron chi connectivity index (χ2n) is 7.96. The molecule has 0 spiro atoms. The number of para-hydroxylation sites is 1. The normalized spacial score (nSPS) is 14.2. The van der Waals surface area contributed by atoms with Crippen LogP contribution in [0.15, 0.2) is 44.7 Å². The van der Waals surface area contributed by atoms with Crippen LogP contribution in [0.25, 0.3) is 11.0 Å². The lowest BCUT2D eigenvalue weighted by molar-refractivity contribution is 0.0748. The molecule has 0 N–H and O–H groups in total. The van der Waals surface area contributed by atoms with E-state index in [2.05, 4.69) is 0 Å². The summed E-state index contributed by atoms with van der Waals surface area (Å²) < 4.78 is 17.8. The van der Waals surface area contributed by atoms with E-state index in [4.69, 9.17) is 0 Å². The molecule has 1 aromatic carbocycles. The van der Waals surface area contributed by atoms with Crippen molar-refractivity contribution in [3.05, 3.63) is 72.9 Å². The van der Waals surface area contributed by atoms with Gasteiger partial charge in [-0.15, -0.1) is 0 Å². The third kappa shape index (κ3) is 3.65. The van der Waals surface area contributed by atoms with Crippen LogP contribution >= 0.6 is 0 Å². The van der Waals surface area contributed by atoms with Crippen molar-refractivity contribution in [2.75, 3.05) is 31.1 Å². The molecule has 0 atom stereocenters. The van der Waals surface area contributed by atoms with Gasteiger partial charge in [0.15, 0.2) is 0 Å². The number of hydrogen-bond acceptors (Lipinski definition) is 5. The van der Waals surface area contributed by atoms with Crippen molar-refractivity contribution in [3.63, 3.8) is 0 Å². The number of amides is 1. The first kappa shape index (κ1) is 22.5. The number of pyridine rings is 1. The molecule has 2 aromatic heterocycles. The number of anilines is 1. The van der Waals surface area contributed by atoms with Crippen molar-refractivity contribution in [1.82, 2.24) is 18.6 Å². The smallest absolute Gasteiger partial charge is 0.332 e. The Morgan fingerprint density at radius 1 is 0.970 bits per heavy atom. The molecule has 10 heteroatoms. The topological polar surface area (TPSA) is 89.6 Å². The van der Waals surface area contributed by atoms with Gasteiger partial charge in [0.05, 0.1) is 16.6 Å². The Bertz CT molecular complexity index is 1410. The van der Waals surface area contributed by atoms with Crippen LogP contribution in [0.1, 0.15) is 24.2 Å². The van der Waals surface area contributed by atoms with Crippen LogP contribution in [0, 0.1) is 5.82 Å². The lowest BCUT2D eigenvalue weighted by Crippen LogP contribution is -2.49. The molecule has 1 fully saturated rings. The molecule has 174 valence electrons. The maximum absolute atomic E-state index is 14.1. The minimum Gasteiger partial charge on any atom is -0.366 e. The lowest BCUT2D eigenvalue weighted by Gasteiger charge is -2.36. The molecule has 3 heterocycles. The number of aromatic nitrogens is 3. The zero-order valence-corrected chi connectivity index (χ0v) is 18.9. The van der Waals surface area contributed by atoms with Gasteiger partial charge in [-0.3, -0.25) is 28.1 Å². The Labute approximate surface area is 188 Å². The summed E-state index contributed by atoms with van der Waals surface area (Å²) in [6, 6.07) is 7.65. The number of nitrogens with zero attached hydrogens (tertiary/aromatic N) is 5. The molecular formula is C23H26FN5O4. The van der Waals surface area contributed by atoms with E-state index in [9.17, 15) is 23.6 Å². The van der Waals surface area contributed by atoms with Gasteiger partial charge in [-0.05, 0) is 26.0 Å². The van der Waals surface area contributed by atoms with Crippen molar-refractivity contribution in [1.29, 1.82) is 0 Å². The highest BCUT2D eigenvalue weighted by atomic mass is 19.1. The lowest BCUT2D eigenvalue weighted by atomic mass is 10.1. The molecule has 0 bridgehead atoms. The third-order valence-corrected chi connectivity index (χ3v) is 6.20. The van der Waals surface area contributed by atoms with E-state index in [1.54, 1.807) is 36.9 Å². The maximum atomic E-state index is 14.1. The Kier molecular flexibility index (Phi) is 5.92. The fraction of sp³-hybridized carbons (Fsp3) is 0.391. The number of carbonyl (C=O) groups excluding carboxylic acids is 1. The summed E-state index contributed by atoms with van der Waals surface area (Å²) in [5, 5.41) is 0.0573. The summed E-state index contributed by atoms with van der Waals surface area (Å²) in [7, 11) is 1.49. The van der Waals surface area contributed by atoms with Crippen LogP contribution in [0.2, 0.25) is 0 Å². The van der Waals surface area contributed by atoms with Crippen molar-refractivity contribution in [3.8, 4) is 0 Å². The highest BCUT2D eigenvalue weighted by Gasteiger charge is 2.28. The quantitative estimate of drug-likeness (QED) is 0.586. The van der Waals surface area contributed by atoms with Crippen molar-refractivity contribution < 1.29 is 9.18 Å². The van der Waals surface area contributed by atoms with Crippen molar-refractivity contribution in [2.45, 2.75) is 26.9 Å². The molecule has 33 heavy (non-hydrogen) atoms. The van der Waals surface area contributed by atoms with E-state index in [0.717, 1.165) is 4.57 Å². The second kappa shape index (κ2) is 8.68. The molecule has 0 aliphatic carbocycles. The van der Waals surface area contributed by atoms with Gasteiger partial charge >= 0.3 is 5.69 Å². The van der Waals surface area contributed by atoms with Crippen LogP contribution in [0.3, 0.4) is 0 Å². The number of piperazine rings is 1. The number of hydrogen-bond donors (Lipinski definition) is 0. The number of aryl methyl sites for hydroxylation is 2. The molecule has 0 radical (unpaired) electrons. The highest BCUT2D eigenvalue weighted by Crippen LogP contribution is 2.21. The third-order valence-electron chi connectivity index (χ3n) is 6.20. The van der Waals surface area contributed by atoms with Crippen LogP contribution < -0.4 is 21.7 Å². The molecule has 0 unspecified atom stereocenters. The van der Waals surface area contributed by atoms with Crippen LogP contribution in [-0.2, 0) is 20.1 Å². The summed E-state index contributed by atoms with van der Waals surface area (Å²) in [5.41, 5.74) is -0.992. The average molecular weight is 455 g/mol. The number of fused-ring (bicyclic) bond motifs is 1. The Morgan fingerprint density at radius 3 is 2.21 bits per heavy atom. The van der Waals surface area contributed by atoms with Crippen LogP contribution in [0.5, 0.6) is 0 Å². The summed E-state index contributed by atoms with van der Waals surface area (Å²) >= 11 is 0. The molecule has 1 aliphatic rings. The Hall–Kier alpha value is -3.69. The Morgan fingerprint density at radius 2 is 1.61 bits per heavy atom. The largest absolute Gasteiger partial charge is 0.366 e. The molecule has 3 aromatic rings. The Balaban J connectivity index is 1.78. The first-order valence-corrected chi connectivity index (χ1v) is 11.0. The van der Waals surface area contributed by atoms with Gasteiger partial charge in [0.1, 0.15) is 11.5 Å². The van der Waals surface area contributed by atoms with E-state index in [0.29, 0.717) is 31.9 Å². The van der Waals surface area contributed by atoms with Crippen LogP contribution in [-0.4, -0.2) is 50.7 Å². The number of benzene rings is 1. The van der Waals surface area contributed by atoms with Crippen LogP contribution in [0.4, 0.5) is 10.1 Å². The fourth-order valence-electron chi connectivity index (χ4n) is 4.47. The number of carbonyl (C=O) groups is 1. The molecule has 1 aliphatic heterocycles. The number of rotatable bonds is 4. The van der Waals surface area contributed by atoms with Crippen molar-refractivity contribution >= 4 is 22.6 Å². The average Bonchev–Trinajstić information content (AvgIpc) is 2.82. The predicted octanol–water partition coefficient (Wildman–Crippen LogP) is 1.00. The molecular weight excluding hydrogens is 429 g/mol. The van der Waals surface area contributed by atoms with E-state index in [1.807, 2.05) is 4.90 Å². The standard InChI is InChI=1S/C23H26FN5O4/c1-4-28-18(30)14-15(19-20(28)25(3)23(33)29(5-2)22(19)32)21(31)27-12-10-26(11-13-27)17-9-7-6-8-16(17)24/h6-9,14H,4-5,10-13H2,1-3H3.